The van der Waals surface area contributed by atoms with Crippen molar-refractivity contribution in [3.05, 3.63) is 59.7 Å². The predicted molar refractivity (Wildman–Crippen MR) is 91.1 cm³/mol. The number of hydrogen-bond acceptors (Lipinski definition) is 4. The Morgan fingerprint density at radius 1 is 1.12 bits per heavy atom. The fourth-order valence-electron chi connectivity index (χ4n) is 2.71. The van der Waals surface area contributed by atoms with Crippen LogP contribution >= 0.6 is 11.8 Å². The molecule has 2 aromatic carbocycles. The van der Waals surface area contributed by atoms with Crippen LogP contribution in [0.1, 0.15) is 15.9 Å². The summed E-state index contributed by atoms with van der Waals surface area (Å²) < 4.78 is 30.2. The molecule has 2 aromatic rings. The molecule has 1 amide bonds. The number of ether oxygens (including phenoxy) is 1. The number of fused-ring (bicyclic) bond motifs is 1. The van der Waals surface area contributed by atoms with Gasteiger partial charge in [0.25, 0.3) is 11.7 Å². The number of para-hydroxylation sites is 1. The van der Waals surface area contributed by atoms with Gasteiger partial charge in [-0.1, -0.05) is 42.1 Å². The number of alkyl halides is 2. The highest BCUT2D eigenvalue weighted by Gasteiger charge is 2.25. The molecule has 0 saturated carbocycles. The quantitative estimate of drug-likeness (QED) is 0.600. The Morgan fingerprint density at radius 2 is 1.84 bits per heavy atom. The Hall–Kier alpha value is -2.41. The van der Waals surface area contributed by atoms with Crippen LogP contribution in [0.2, 0.25) is 0 Å². The SMILES string of the molecule is O=C(OCC(=O)N1CCc2ccccc21)c1ccccc1SC(F)F. The number of esters is 1. The molecule has 0 fully saturated rings. The van der Waals surface area contributed by atoms with Crippen LogP contribution in [0.15, 0.2) is 53.4 Å². The molecule has 1 heterocycles. The smallest absolute Gasteiger partial charge is 0.339 e. The summed E-state index contributed by atoms with van der Waals surface area (Å²) in [7, 11) is 0. The van der Waals surface area contributed by atoms with Gasteiger partial charge < -0.3 is 9.64 Å². The minimum atomic E-state index is -2.64. The number of nitrogens with zero attached hydrogens (tertiary/aromatic N) is 1. The van der Waals surface area contributed by atoms with Gasteiger partial charge in [-0.3, -0.25) is 4.79 Å². The molecule has 25 heavy (non-hydrogen) atoms. The summed E-state index contributed by atoms with van der Waals surface area (Å²) in [5.41, 5.74) is 1.92. The van der Waals surface area contributed by atoms with Crippen molar-refractivity contribution in [1.82, 2.24) is 0 Å². The zero-order valence-corrected chi connectivity index (χ0v) is 14.0. The number of halogens is 2. The molecular weight excluding hydrogens is 348 g/mol. The first-order valence-corrected chi connectivity index (χ1v) is 8.53. The molecule has 0 unspecified atom stereocenters. The second-order valence-corrected chi connectivity index (χ2v) is 6.41. The lowest BCUT2D eigenvalue weighted by molar-refractivity contribution is -0.121. The summed E-state index contributed by atoms with van der Waals surface area (Å²) in [6.07, 6.45) is 0.754. The monoisotopic (exact) mass is 363 g/mol. The topological polar surface area (TPSA) is 46.6 Å². The van der Waals surface area contributed by atoms with Crippen LogP contribution < -0.4 is 4.90 Å². The van der Waals surface area contributed by atoms with E-state index in [4.69, 9.17) is 4.74 Å². The van der Waals surface area contributed by atoms with Crippen molar-refractivity contribution in [2.24, 2.45) is 0 Å². The molecule has 0 aliphatic carbocycles. The number of thioether (sulfide) groups is 1. The molecule has 1 aliphatic rings. The van der Waals surface area contributed by atoms with Gasteiger partial charge in [0.05, 0.1) is 5.56 Å². The van der Waals surface area contributed by atoms with Gasteiger partial charge in [-0.2, -0.15) is 8.78 Å². The van der Waals surface area contributed by atoms with E-state index in [0.717, 1.165) is 17.7 Å². The average molecular weight is 363 g/mol. The molecule has 0 aromatic heterocycles. The minimum Gasteiger partial charge on any atom is -0.452 e. The summed E-state index contributed by atoms with van der Waals surface area (Å²) in [5, 5.41) is 0. The number of anilines is 1. The van der Waals surface area contributed by atoms with Gasteiger partial charge in [-0.25, -0.2) is 4.79 Å². The van der Waals surface area contributed by atoms with Gasteiger partial charge in [0.2, 0.25) is 0 Å². The summed E-state index contributed by atoms with van der Waals surface area (Å²) in [6.45, 7) is 0.106. The fourth-order valence-corrected chi connectivity index (χ4v) is 3.34. The summed E-state index contributed by atoms with van der Waals surface area (Å²) in [6, 6.07) is 13.5. The lowest BCUT2D eigenvalue weighted by Gasteiger charge is -2.17. The summed E-state index contributed by atoms with van der Waals surface area (Å²) in [4.78, 5) is 26.2. The predicted octanol–water partition coefficient (Wildman–Crippen LogP) is 3.75. The number of carbonyl (C=O) groups excluding carboxylic acids is 2. The van der Waals surface area contributed by atoms with Gasteiger partial charge in [0.15, 0.2) is 6.61 Å². The van der Waals surface area contributed by atoms with Crippen molar-refractivity contribution in [2.75, 3.05) is 18.1 Å². The third-order valence-corrected chi connectivity index (χ3v) is 4.63. The molecule has 0 atom stereocenters. The van der Waals surface area contributed by atoms with Gasteiger partial charge in [0, 0.05) is 17.1 Å². The van der Waals surface area contributed by atoms with E-state index in [1.54, 1.807) is 17.0 Å². The molecule has 0 bridgehead atoms. The molecule has 0 N–H and O–H groups in total. The highest BCUT2D eigenvalue weighted by molar-refractivity contribution is 7.99. The molecule has 0 spiro atoms. The summed E-state index contributed by atoms with van der Waals surface area (Å²) in [5.74, 6) is -3.77. The van der Waals surface area contributed by atoms with Crippen LogP contribution in [0, 0.1) is 0 Å². The number of benzene rings is 2. The standard InChI is InChI=1S/C18H15F2NO3S/c19-18(20)25-15-8-4-2-6-13(15)17(23)24-11-16(22)21-10-9-12-5-1-3-7-14(12)21/h1-8,18H,9-11H2. The van der Waals surface area contributed by atoms with Crippen LogP contribution in [0.5, 0.6) is 0 Å². The van der Waals surface area contributed by atoms with Crippen molar-refractivity contribution in [3.63, 3.8) is 0 Å². The van der Waals surface area contributed by atoms with Crippen molar-refractivity contribution in [1.29, 1.82) is 0 Å². The Balaban J connectivity index is 1.64. The van der Waals surface area contributed by atoms with E-state index >= 15 is 0 Å². The van der Waals surface area contributed by atoms with E-state index < -0.39 is 18.3 Å². The maximum atomic E-state index is 12.6. The van der Waals surface area contributed by atoms with Gasteiger partial charge in [0.1, 0.15) is 0 Å². The normalized spacial score (nSPS) is 13.0. The van der Waals surface area contributed by atoms with E-state index in [0.29, 0.717) is 6.54 Å². The summed E-state index contributed by atoms with van der Waals surface area (Å²) >= 11 is 0.274. The van der Waals surface area contributed by atoms with Gasteiger partial charge >= 0.3 is 5.97 Å². The molecule has 1 aliphatic heterocycles. The lowest BCUT2D eigenvalue weighted by atomic mass is 10.2. The molecule has 7 heteroatoms. The van der Waals surface area contributed by atoms with Crippen LogP contribution in [0.3, 0.4) is 0 Å². The maximum absolute atomic E-state index is 12.6. The van der Waals surface area contributed by atoms with E-state index in [1.165, 1.54) is 12.1 Å². The first-order valence-electron chi connectivity index (χ1n) is 7.65. The van der Waals surface area contributed by atoms with Crippen molar-refractivity contribution >= 4 is 29.3 Å². The Labute approximate surface area is 147 Å². The lowest BCUT2D eigenvalue weighted by Crippen LogP contribution is -2.33. The second kappa shape index (κ2) is 7.65. The number of carbonyl (C=O) groups is 2. The van der Waals surface area contributed by atoms with Crippen LogP contribution in [0.25, 0.3) is 0 Å². The Kier molecular flexibility index (Phi) is 5.33. The van der Waals surface area contributed by atoms with E-state index in [1.807, 2.05) is 24.3 Å². The Morgan fingerprint density at radius 3 is 2.64 bits per heavy atom. The number of amides is 1. The van der Waals surface area contributed by atoms with Crippen molar-refractivity contribution in [2.45, 2.75) is 17.1 Å². The fraction of sp³-hybridized carbons (Fsp3) is 0.222. The van der Waals surface area contributed by atoms with Crippen LogP contribution in [-0.2, 0) is 16.0 Å². The third kappa shape index (κ3) is 3.99. The third-order valence-electron chi connectivity index (χ3n) is 3.84. The molecular formula is C18H15F2NO3S. The number of rotatable bonds is 5. The zero-order valence-electron chi connectivity index (χ0n) is 13.2. The van der Waals surface area contributed by atoms with Crippen molar-refractivity contribution in [3.8, 4) is 0 Å². The van der Waals surface area contributed by atoms with Gasteiger partial charge in [-0.15, -0.1) is 0 Å². The van der Waals surface area contributed by atoms with Crippen molar-refractivity contribution < 1.29 is 23.1 Å². The molecule has 3 rings (SSSR count). The molecule has 0 radical (unpaired) electrons. The Bertz CT molecular complexity index is 797. The average Bonchev–Trinajstić information content (AvgIpc) is 3.03. The van der Waals surface area contributed by atoms with Crippen LogP contribution in [-0.4, -0.2) is 30.8 Å². The molecule has 4 nitrogen and oxygen atoms in total. The van der Waals surface area contributed by atoms with Crippen LogP contribution in [0.4, 0.5) is 14.5 Å². The minimum absolute atomic E-state index is 0.0300. The van der Waals surface area contributed by atoms with Gasteiger partial charge in [-0.05, 0) is 30.2 Å². The second-order valence-electron chi connectivity index (χ2n) is 5.37. The largest absolute Gasteiger partial charge is 0.452 e. The number of hydrogen-bond donors (Lipinski definition) is 0. The van der Waals surface area contributed by atoms with E-state index in [9.17, 15) is 18.4 Å². The zero-order chi connectivity index (χ0) is 17.8. The maximum Gasteiger partial charge on any atom is 0.339 e. The first-order chi connectivity index (χ1) is 12.1. The van der Waals surface area contributed by atoms with E-state index in [-0.39, 0.29) is 28.1 Å². The first kappa shape index (κ1) is 17.4. The highest BCUT2D eigenvalue weighted by Crippen LogP contribution is 2.29. The molecule has 130 valence electrons. The molecule has 0 saturated heterocycles. The van der Waals surface area contributed by atoms with E-state index in [2.05, 4.69) is 0 Å². The highest BCUT2D eigenvalue weighted by atomic mass is 32.2.